The van der Waals surface area contributed by atoms with Gasteiger partial charge in [-0.2, -0.15) is 0 Å². The maximum atomic E-state index is 10.9. The molecule has 1 aliphatic heterocycles. The molecule has 1 aliphatic rings. The molecule has 0 amide bonds. The van der Waals surface area contributed by atoms with E-state index in [1.807, 2.05) is 0 Å². The molecule has 4 nitrogen and oxygen atoms in total. The second kappa shape index (κ2) is 5.11. The Labute approximate surface area is 72.7 Å². The minimum Gasteiger partial charge on any atom is -0.469 e. The topological polar surface area (TPSA) is 50.4 Å². The number of nitrogens with one attached hydrogen (secondary N) is 2. The van der Waals surface area contributed by atoms with Gasteiger partial charge in [-0.25, -0.2) is 0 Å². The van der Waals surface area contributed by atoms with Gasteiger partial charge in [0, 0.05) is 19.1 Å². The van der Waals surface area contributed by atoms with Crippen LogP contribution in [0, 0.1) is 0 Å². The van der Waals surface area contributed by atoms with Crippen molar-refractivity contribution in [2.75, 3.05) is 26.7 Å². The van der Waals surface area contributed by atoms with Crippen LogP contribution in [0.5, 0.6) is 0 Å². The molecule has 0 aromatic rings. The van der Waals surface area contributed by atoms with Crippen LogP contribution in [0.25, 0.3) is 0 Å². The molecule has 1 saturated heterocycles. The molecular formula is C8H16N2O2. The summed E-state index contributed by atoms with van der Waals surface area (Å²) in [5.74, 6) is -0.130. The van der Waals surface area contributed by atoms with E-state index in [0.717, 1.165) is 26.1 Å². The molecule has 1 heterocycles. The Balaban J connectivity index is 2.24. The third-order valence-corrected chi connectivity index (χ3v) is 2.05. The number of methoxy groups -OCH3 is 1. The van der Waals surface area contributed by atoms with Gasteiger partial charge in [-0.05, 0) is 13.0 Å². The van der Waals surface area contributed by atoms with Crippen LogP contribution in [-0.2, 0) is 9.53 Å². The first-order chi connectivity index (χ1) is 5.83. The predicted molar refractivity (Wildman–Crippen MR) is 45.9 cm³/mol. The van der Waals surface area contributed by atoms with Crippen molar-refractivity contribution < 1.29 is 9.53 Å². The summed E-state index contributed by atoms with van der Waals surface area (Å²) in [7, 11) is 1.43. The van der Waals surface area contributed by atoms with Crippen LogP contribution in [-0.4, -0.2) is 38.8 Å². The van der Waals surface area contributed by atoms with E-state index < -0.39 is 0 Å². The van der Waals surface area contributed by atoms with Gasteiger partial charge in [0.25, 0.3) is 0 Å². The first kappa shape index (κ1) is 9.48. The number of hydrogen-bond donors (Lipinski definition) is 2. The number of esters is 1. The lowest BCUT2D eigenvalue weighted by Crippen LogP contribution is -2.32. The lowest BCUT2D eigenvalue weighted by molar-refractivity contribution is -0.141. The largest absolute Gasteiger partial charge is 0.469 e. The van der Waals surface area contributed by atoms with Crippen LogP contribution in [0.15, 0.2) is 0 Å². The Bertz CT molecular complexity index is 142. The van der Waals surface area contributed by atoms with E-state index in [2.05, 4.69) is 15.4 Å². The van der Waals surface area contributed by atoms with E-state index in [4.69, 9.17) is 0 Å². The van der Waals surface area contributed by atoms with Gasteiger partial charge in [0.1, 0.15) is 0 Å². The minimum atomic E-state index is -0.130. The summed E-state index contributed by atoms with van der Waals surface area (Å²) in [6, 6.07) is 0.285. The molecule has 4 heteroatoms. The molecule has 0 saturated carbocycles. The Hall–Kier alpha value is -0.610. The van der Waals surface area contributed by atoms with Gasteiger partial charge in [-0.15, -0.1) is 0 Å². The zero-order chi connectivity index (χ0) is 8.81. The quantitative estimate of drug-likeness (QED) is 0.551. The zero-order valence-electron chi connectivity index (χ0n) is 7.43. The maximum absolute atomic E-state index is 10.9. The van der Waals surface area contributed by atoms with Crippen LogP contribution in [0.1, 0.15) is 12.8 Å². The molecule has 1 atom stereocenters. The van der Waals surface area contributed by atoms with Crippen molar-refractivity contribution >= 4 is 5.97 Å². The minimum absolute atomic E-state index is 0.130. The summed E-state index contributed by atoms with van der Waals surface area (Å²) >= 11 is 0. The predicted octanol–water partition coefficient (Wildman–Crippen LogP) is -0.499. The summed E-state index contributed by atoms with van der Waals surface area (Å²) in [6.45, 7) is 2.90. The molecule has 70 valence electrons. The second-order valence-electron chi connectivity index (χ2n) is 2.97. The summed E-state index contributed by atoms with van der Waals surface area (Å²) < 4.78 is 4.59. The second-order valence-corrected chi connectivity index (χ2v) is 2.97. The smallest absolute Gasteiger partial charge is 0.307 e. The van der Waals surface area contributed by atoms with Gasteiger partial charge in [0.15, 0.2) is 0 Å². The molecule has 0 aromatic carbocycles. The highest BCUT2D eigenvalue weighted by Crippen LogP contribution is 2.00. The van der Waals surface area contributed by atoms with Crippen molar-refractivity contribution in [3.05, 3.63) is 0 Å². The third-order valence-electron chi connectivity index (χ3n) is 2.05. The molecule has 0 bridgehead atoms. The Morgan fingerprint density at radius 3 is 3.08 bits per heavy atom. The van der Waals surface area contributed by atoms with E-state index in [9.17, 15) is 4.79 Å². The van der Waals surface area contributed by atoms with Gasteiger partial charge in [-0.3, -0.25) is 4.79 Å². The van der Waals surface area contributed by atoms with E-state index in [1.165, 1.54) is 7.11 Å². The van der Waals surface area contributed by atoms with E-state index in [0.29, 0.717) is 6.42 Å². The van der Waals surface area contributed by atoms with Crippen LogP contribution in [0.4, 0.5) is 0 Å². The van der Waals surface area contributed by atoms with Gasteiger partial charge < -0.3 is 15.4 Å². The van der Waals surface area contributed by atoms with Crippen molar-refractivity contribution in [3.63, 3.8) is 0 Å². The van der Waals surface area contributed by atoms with Gasteiger partial charge >= 0.3 is 5.97 Å². The molecule has 2 N–H and O–H groups in total. The fourth-order valence-corrected chi connectivity index (χ4v) is 1.33. The summed E-state index contributed by atoms with van der Waals surface area (Å²) in [5, 5.41) is 6.54. The average Bonchev–Trinajstić information content (AvgIpc) is 2.33. The molecule has 1 fully saturated rings. The Morgan fingerprint density at radius 1 is 1.50 bits per heavy atom. The van der Waals surface area contributed by atoms with Crippen LogP contribution < -0.4 is 10.6 Å². The summed E-state index contributed by atoms with van der Waals surface area (Å²) in [6.07, 6.45) is 1.48. The molecule has 0 radical (unpaired) electrons. The Morgan fingerprint density at radius 2 is 2.33 bits per heavy atom. The molecule has 0 aliphatic carbocycles. The van der Waals surface area contributed by atoms with E-state index in [1.54, 1.807) is 0 Å². The highest BCUT2D eigenvalue weighted by atomic mass is 16.5. The zero-order valence-corrected chi connectivity index (χ0v) is 7.43. The normalized spacial score (nSPS) is 24.6. The Kier molecular flexibility index (Phi) is 4.04. The summed E-state index contributed by atoms with van der Waals surface area (Å²) in [5.41, 5.74) is 0. The molecular weight excluding hydrogens is 156 g/mol. The molecule has 1 unspecified atom stereocenters. The number of carbonyl (C=O) groups is 1. The van der Waals surface area contributed by atoms with Crippen LogP contribution in [0.2, 0.25) is 0 Å². The number of hydrogen-bond acceptors (Lipinski definition) is 4. The van der Waals surface area contributed by atoms with Crippen LogP contribution in [0.3, 0.4) is 0 Å². The highest BCUT2D eigenvalue weighted by Gasteiger charge is 2.14. The molecule has 0 spiro atoms. The molecule has 0 aromatic heterocycles. The van der Waals surface area contributed by atoms with Crippen molar-refractivity contribution in [1.82, 2.24) is 10.6 Å². The average molecular weight is 172 g/mol. The summed E-state index contributed by atoms with van der Waals surface area (Å²) in [4.78, 5) is 10.9. The van der Waals surface area contributed by atoms with E-state index >= 15 is 0 Å². The fourth-order valence-electron chi connectivity index (χ4n) is 1.33. The first-order valence-electron chi connectivity index (χ1n) is 4.34. The first-order valence-corrected chi connectivity index (χ1v) is 4.34. The number of carbonyl (C=O) groups excluding carboxylic acids is 1. The third kappa shape index (κ3) is 3.19. The van der Waals surface area contributed by atoms with Crippen molar-refractivity contribution in [2.24, 2.45) is 0 Å². The highest BCUT2D eigenvalue weighted by molar-refractivity contribution is 5.69. The van der Waals surface area contributed by atoms with Crippen molar-refractivity contribution in [3.8, 4) is 0 Å². The van der Waals surface area contributed by atoms with Crippen LogP contribution >= 0.6 is 0 Å². The van der Waals surface area contributed by atoms with Crippen molar-refractivity contribution in [1.29, 1.82) is 0 Å². The lowest BCUT2D eigenvalue weighted by Gasteiger charge is -2.12. The SMILES string of the molecule is COC(=O)CC1CCNCCN1. The molecule has 1 rings (SSSR count). The van der Waals surface area contributed by atoms with Gasteiger partial charge in [0.05, 0.1) is 13.5 Å². The van der Waals surface area contributed by atoms with Gasteiger partial charge in [-0.1, -0.05) is 0 Å². The maximum Gasteiger partial charge on any atom is 0.307 e. The van der Waals surface area contributed by atoms with E-state index in [-0.39, 0.29) is 12.0 Å². The van der Waals surface area contributed by atoms with Crippen molar-refractivity contribution in [2.45, 2.75) is 18.9 Å². The number of ether oxygens (including phenoxy) is 1. The standard InChI is InChI=1S/C8H16N2O2/c1-12-8(11)6-7-2-3-9-4-5-10-7/h7,9-10H,2-6H2,1H3. The lowest BCUT2D eigenvalue weighted by atomic mass is 10.1. The van der Waals surface area contributed by atoms with Gasteiger partial charge in [0.2, 0.25) is 0 Å². The monoisotopic (exact) mass is 172 g/mol. The fraction of sp³-hybridized carbons (Fsp3) is 0.875. The molecule has 12 heavy (non-hydrogen) atoms. The number of rotatable bonds is 2.